The highest BCUT2D eigenvalue weighted by molar-refractivity contribution is 6.31. The second-order valence-corrected chi connectivity index (χ2v) is 4.86. The molecule has 0 radical (unpaired) electrons. The van der Waals surface area contributed by atoms with E-state index in [1.165, 1.54) is 0 Å². The minimum atomic E-state index is 0.0120. The molecule has 3 nitrogen and oxygen atoms in total. The quantitative estimate of drug-likeness (QED) is 0.662. The maximum atomic E-state index is 7.67. The standard InChI is InChI=1S/C15H16ClN3/c1-10-5-3-4-6-13(10)19(2)14-8-7-11(16)9-12(14)15(17)18/h3-9H,1-2H3,(H3,17,18). The van der Waals surface area contributed by atoms with Crippen molar-refractivity contribution >= 4 is 28.8 Å². The zero-order valence-corrected chi connectivity index (χ0v) is 11.7. The number of nitrogens with one attached hydrogen (secondary N) is 1. The van der Waals surface area contributed by atoms with Crippen LogP contribution in [0.5, 0.6) is 0 Å². The summed E-state index contributed by atoms with van der Waals surface area (Å²) >= 11 is 5.97. The van der Waals surface area contributed by atoms with Crippen LogP contribution in [0, 0.1) is 12.3 Å². The van der Waals surface area contributed by atoms with Crippen molar-refractivity contribution < 1.29 is 0 Å². The van der Waals surface area contributed by atoms with Gasteiger partial charge in [0.05, 0.1) is 5.69 Å². The molecule has 0 aliphatic heterocycles. The minimum Gasteiger partial charge on any atom is -0.384 e. The highest BCUT2D eigenvalue weighted by Crippen LogP contribution is 2.30. The number of anilines is 2. The molecule has 0 bridgehead atoms. The number of para-hydroxylation sites is 1. The lowest BCUT2D eigenvalue weighted by atomic mass is 10.1. The highest BCUT2D eigenvalue weighted by Gasteiger charge is 2.13. The number of nitrogen functional groups attached to an aromatic ring is 1. The maximum absolute atomic E-state index is 7.67. The Bertz CT molecular complexity index is 623. The summed E-state index contributed by atoms with van der Waals surface area (Å²) in [6.07, 6.45) is 0. The molecule has 0 amide bonds. The summed E-state index contributed by atoms with van der Waals surface area (Å²) in [6, 6.07) is 13.5. The van der Waals surface area contributed by atoms with Gasteiger partial charge >= 0.3 is 0 Å². The van der Waals surface area contributed by atoms with Gasteiger partial charge in [-0.1, -0.05) is 29.8 Å². The average molecular weight is 274 g/mol. The zero-order chi connectivity index (χ0) is 14.0. The van der Waals surface area contributed by atoms with E-state index in [4.69, 9.17) is 22.7 Å². The third-order valence-corrected chi connectivity index (χ3v) is 3.32. The Morgan fingerprint density at radius 1 is 1.16 bits per heavy atom. The number of nitrogens with two attached hydrogens (primary N) is 1. The molecular weight excluding hydrogens is 258 g/mol. The predicted molar refractivity (Wildman–Crippen MR) is 81.7 cm³/mol. The summed E-state index contributed by atoms with van der Waals surface area (Å²) in [5.41, 5.74) is 9.38. The lowest BCUT2D eigenvalue weighted by Crippen LogP contribution is -2.19. The zero-order valence-electron chi connectivity index (χ0n) is 10.9. The number of hydrogen-bond donors (Lipinski definition) is 2. The number of benzene rings is 2. The molecule has 0 atom stereocenters. The van der Waals surface area contributed by atoms with E-state index in [0.29, 0.717) is 10.6 Å². The molecule has 4 heteroatoms. The smallest absolute Gasteiger partial charge is 0.124 e. The van der Waals surface area contributed by atoms with Crippen LogP contribution in [-0.4, -0.2) is 12.9 Å². The van der Waals surface area contributed by atoms with Crippen LogP contribution in [-0.2, 0) is 0 Å². The molecule has 2 aromatic rings. The minimum absolute atomic E-state index is 0.0120. The van der Waals surface area contributed by atoms with Crippen LogP contribution in [0.2, 0.25) is 5.02 Å². The molecule has 98 valence electrons. The van der Waals surface area contributed by atoms with E-state index in [1.54, 1.807) is 12.1 Å². The van der Waals surface area contributed by atoms with E-state index in [-0.39, 0.29) is 5.84 Å². The Balaban J connectivity index is 2.53. The van der Waals surface area contributed by atoms with Crippen LogP contribution in [0.4, 0.5) is 11.4 Å². The molecular formula is C15H16ClN3. The number of amidine groups is 1. The first-order valence-corrected chi connectivity index (χ1v) is 6.32. The van der Waals surface area contributed by atoms with Gasteiger partial charge in [-0.3, -0.25) is 5.41 Å². The van der Waals surface area contributed by atoms with Crippen molar-refractivity contribution in [3.05, 3.63) is 58.6 Å². The monoisotopic (exact) mass is 273 g/mol. The van der Waals surface area contributed by atoms with Crippen molar-refractivity contribution in [3.63, 3.8) is 0 Å². The Hall–Kier alpha value is -2.00. The summed E-state index contributed by atoms with van der Waals surface area (Å²) in [6.45, 7) is 2.05. The SMILES string of the molecule is Cc1ccccc1N(C)c1ccc(Cl)cc1C(=N)N. The van der Waals surface area contributed by atoms with Gasteiger partial charge < -0.3 is 10.6 Å². The molecule has 0 heterocycles. The average Bonchev–Trinajstić information content (AvgIpc) is 2.38. The lowest BCUT2D eigenvalue weighted by molar-refractivity contribution is 1.18. The Morgan fingerprint density at radius 3 is 2.47 bits per heavy atom. The first kappa shape index (κ1) is 13.4. The van der Waals surface area contributed by atoms with Gasteiger partial charge in [0.15, 0.2) is 0 Å². The summed E-state index contributed by atoms with van der Waals surface area (Å²) < 4.78 is 0. The van der Waals surface area contributed by atoms with Crippen molar-refractivity contribution in [2.75, 3.05) is 11.9 Å². The number of nitrogens with zero attached hydrogens (tertiary/aromatic N) is 1. The molecule has 0 aliphatic carbocycles. The fourth-order valence-electron chi connectivity index (χ4n) is 2.09. The largest absolute Gasteiger partial charge is 0.384 e. The summed E-state index contributed by atoms with van der Waals surface area (Å²) in [4.78, 5) is 2.02. The molecule has 0 aliphatic rings. The van der Waals surface area contributed by atoms with E-state index >= 15 is 0 Å². The summed E-state index contributed by atoms with van der Waals surface area (Å²) in [5, 5.41) is 8.25. The molecule has 0 spiro atoms. The Kier molecular flexibility index (Phi) is 3.76. The first-order valence-electron chi connectivity index (χ1n) is 5.94. The molecule has 2 rings (SSSR count). The molecule has 0 saturated carbocycles. The number of hydrogen-bond acceptors (Lipinski definition) is 2. The van der Waals surface area contributed by atoms with Crippen molar-refractivity contribution in [1.82, 2.24) is 0 Å². The number of rotatable bonds is 3. The second-order valence-electron chi connectivity index (χ2n) is 4.42. The lowest BCUT2D eigenvalue weighted by Gasteiger charge is -2.24. The molecule has 3 N–H and O–H groups in total. The fraction of sp³-hybridized carbons (Fsp3) is 0.133. The van der Waals surface area contributed by atoms with Crippen LogP contribution in [0.25, 0.3) is 0 Å². The van der Waals surface area contributed by atoms with Crippen LogP contribution in [0.15, 0.2) is 42.5 Å². The predicted octanol–water partition coefficient (Wildman–Crippen LogP) is 3.70. The topological polar surface area (TPSA) is 53.1 Å². The first-order chi connectivity index (χ1) is 9.00. The Labute approximate surface area is 118 Å². The molecule has 0 fully saturated rings. The maximum Gasteiger partial charge on any atom is 0.124 e. The van der Waals surface area contributed by atoms with E-state index in [9.17, 15) is 0 Å². The summed E-state index contributed by atoms with van der Waals surface area (Å²) in [7, 11) is 1.96. The van der Waals surface area contributed by atoms with Gasteiger partial charge in [0, 0.05) is 23.3 Å². The van der Waals surface area contributed by atoms with Gasteiger partial charge in [0.2, 0.25) is 0 Å². The van der Waals surface area contributed by atoms with Crippen LogP contribution >= 0.6 is 11.6 Å². The van der Waals surface area contributed by atoms with Gasteiger partial charge in [-0.25, -0.2) is 0 Å². The van der Waals surface area contributed by atoms with Crippen molar-refractivity contribution in [1.29, 1.82) is 5.41 Å². The van der Waals surface area contributed by atoms with Gasteiger partial charge in [0.1, 0.15) is 5.84 Å². The molecule has 19 heavy (non-hydrogen) atoms. The normalized spacial score (nSPS) is 10.3. The van der Waals surface area contributed by atoms with Gasteiger partial charge in [-0.15, -0.1) is 0 Å². The number of halogens is 1. The fourth-order valence-corrected chi connectivity index (χ4v) is 2.26. The van der Waals surface area contributed by atoms with E-state index in [0.717, 1.165) is 16.9 Å². The van der Waals surface area contributed by atoms with Crippen molar-refractivity contribution in [3.8, 4) is 0 Å². The van der Waals surface area contributed by atoms with Gasteiger partial charge in [-0.2, -0.15) is 0 Å². The van der Waals surface area contributed by atoms with Crippen LogP contribution < -0.4 is 10.6 Å². The highest BCUT2D eigenvalue weighted by atomic mass is 35.5. The number of aryl methyl sites for hydroxylation is 1. The van der Waals surface area contributed by atoms with Gasteiger partial charge in [0.25, 0.3) is 0 Å². The molecule has 2 aromatic carbocycles. The van der Waals surface area contributed by atoms with Crippen LogP contribution in [0.1, 0.15) is 11.1 Å². The van der Waals surface area contributed by atoms with E-state index < -0.39 is 0 Å². The molecule has 0 saturated heterocycles. The summed E-state index contributed by atoms with van der Waals surface area (Å²) in [5.74, 6) is 0.0120. The van der Waals surface area contributed by atoms with Crippen molar-refractivity contribution in [2.24, 2.45) is 5.73 Å². The molecule has 0 unspecified atom stereocenters. The second kappa shape index (κ2) is 5.33. The third-order valence-electron chi connectivity index (χ3n) is 3.09. The molecule has 0 aromatic heterocycles. The van der Waals surface area contributed by atoms with E-state index in [2.05, 4.69) is 13.0 Å². The Morgan fingerprint density at radius 2 is 1.84 bits per heavy atom. The van der Waals surface area contributed by atoms with Crippen molar-refractivity contribution in [2.45, 2.75) is 6.92 Å². The third kappa shape index (κ3) is 2.71. The van der Waals surface area contributed by atoms with E-state index in [1.807, 2.05) is 36.2 Å². The van der Waals surface area contributed by atoms with Crippen LogP contribution in [0.3, 0.4) is 0 Å². The van der Waals surface area contributed by atoms with Gasteiger partial charge in [-0.05, 0) is 36.8 Å².